The van der Waals surface area contributed by atoms with Crippen LogP contribution >= 0.6 is 0 Å². The number of hydrogen-bond donors (Lipinski definition) is 0. The summed E-state index contributed by atoms with van der Waals surface area (Å²) in [5.74, 6) is 0.539. The Labute approximate surface area is 145 Å². The topological polar surface area (TPSA) is 72.1 Å². The van der Waals surface area contributed by atoms with Crippen molar-refractivity contribution in [3.63, 3.8) is 0 Å². The van der Waals surface area contributed by atoms with Gasteiger partial charge in [0.15, 0.2) is 5.78 Å². The fourth-order valence-electron chi connectivity index (χ4n) is 3.13. The number of carbonyl (C=O) groups excluding carboxylic acids is 1. The largest absolute Gasteiger partial charge is 0.324 e. The van der Waals surface area contributed by atoms with Gasteiger partial charge in [-0.2, -0.15) is 4.98 Å². The van der Waals surface area contributed by atoms with Gasteiger partial charge in [-0.25, -0.2) is 0 Å². The van der Waals surface area contributed by atoms with Crippen LogP contribution in [-0.4, -0.2) is 34.0 Å². The van der Waals surface area contributed by atoms with Gasteiger partial charge in [-0.3, -0.25) is 9.78 Å². The van der Waals surface area contributed by atoms with Gasteiger partial charge in [0.2, 0.25) is 5.82 Å². The summed E-state index contributed by atoms with van der Waals surface area (Å²) in [6.45, 7) is 1.38. The summed E-state index contributed by atoms with van der Waals surface area (Å²) >= 11 is 0. The van der Waals surface area contributed by atoms with Crippen LogP contribution in [0.25, 0.3) is 11.4 Å². The van der Waals surface area contributed by atoms with Crippen LogP contribution in [0.1, 0.15) is 23.3 Å². The molecule has 1 aliphatic rings. The van der Waals surface area contributed by atoms with Gasteiger partial charge in [0.25, 0.3) is 0 Å². The number of anilines is 1. The van der Waals surface area contributed by atoms with Gasteiger partial charge < -0.3 is 9.42 Å². The standard InChI is InChI=1S/C19H18N4O2/c24-17(16-10-4-5-11-20-16)15-9-6-12-23(13-15)19-21-18(22-25-19)14-7-2-1-3-8-14/h1-5,7-8,10-11,15H,6,9,12-13H2. The van der Waals surface area contributed by atoms with E-state index in [-0.39, 0.29) is 11.7 Å². The van der Waals surface area contributed by atoms with Crippen molar-refractivity contribution in [3.8, 4) is 11.4 Å². The molecule has 3 aromatic rings. The molecule has 0 aliphatic carbocycles. The minimum absolute atomic E-state index is 0.0769. The summed E-state index contributed by atoms with van der Waals surface area (Å²) in [5.41, 5.74) is 1.43. The third kappa shape index (κ3) is 3.28. The molecule has 1 atom stereocenters. The molecule has 0 bridgehead atoms. The number of nitrogens with zero attached hydrogens (tertiary/aromatic N) is 4. The second-order valence-electron chi connectivity index (χ2n) is 6.13. The Kier molecular flexibility index (Phi) is 4.24. The molecule has 0 amide bonds. The number of hydrogen-bond acceptors (Lipinski definition) is 6. The van der Waals surface area contributed by atoms with Crippen LogP contribution in [0.4, 0.5) is 6.01 Å². The molecule has 126 valence electrons. The average Bonchev–Trinajstić information content (AvgIpc) is 3.19. The maximum absolute atomic E-state index is 12.6. The lowest BCUT2D eigenvalue weighted by molar-refractivity contribution is 0.0900. The van der Waals surface area contributed by atoms with E-state index in [2.05, 4.69) is 15.1 Å². The number of carbonyl (C=O) groups is 1. The Morgan fingerprint density at radius 2 is 1.96 bits per heavy atom. The first-order valence-corrected chi connectivity index (χ1v) is 8.40. The molecule has 2 aromatic heterocycles. The molecule has 0 N–H and O–H groups in total. The number of ketones is 1. The molecule has 1 aromatic carbocycles. The Balaban J connectivity index is 1.50. The van der Waals surface area contributed by atoms with Crippen molar-refractivity contribution < 1.29 is 9.32 Å². The van der Waals surface area contributed by atoms with E-state index < -0.39 is 0 Å². The predicted octanol–water partition coefficient (Wildman–Crippen LogP) is 3.23. The molecule has 1 aliphatic heterocycles. The lowest BCUT2D eigenvalue weighted by atomic mass is 9.92. The van der Waals surface area contributed by atoms with Crippen molar-refractivity contribution in [1.29, 1.82) is 0 Å². The van der Waals surface area contributed by atoms with Gasteiger partial charge in [0.05, 0.1) is 0 Å². The predicted molar refractivity (Wildman–Crippen MR) is 93.2 cm³/mol. The maximum Gasteiger partial charge on any atom is 0.324 e. The highest BCUT2D eigenvalue weighted by Gasteiger charge is 2.29. The first-order chi connectivity index (χ1) is 12.3. The summed E-state index contributed by atoms with van der Waals surface area (Å²) in [5, 5.41) is 4.06. The van der Waals surface area contributed by atoms with Crippen LogP contribution in [0.3, 0.4) is 0 Å². The van der Waals surface area contributed by atoms with E-state index in [9.17, 15) is 4.79 Å². The van der Waals surface area contributed by atoms with Gasteiger partial charge in [-0.15, -0.1) is 0 Å². The van der Waals surface area contributed by atoms with Crippen LogP contribution in [0, 0.1) is 5.92 Å². The van der Waals surface area contributed by atoms with Gasteiger partial charge in [0, 0.05) is 30.8 Å². The van der Waals surface area contributed by atoms with E-state index >= 15 is 0 Å². The van der Waals surface area contributed by atoms with Crippen LogP contribution < -0.4 is 4.90 Å². The molecule has 4 rings (SSSR count). The van der Waals surface area contributed by atoms with Crippen molar-refractivity contribution in [2.24, 2.45) is 5.92 Å². The molecule has 0 radical (unpaired) electrons. The molecule has 6 heteroatoms. The van der Waals surface area contributed by atoms with Gasteiger partial charge >= 0.3 is 6.01 Å². The van der Waals surface area contributed by atoms with Gasteiger partial charge in [0.1, 0.15) is 5.69 Å². The number of pyridine rings is 1. The van der Waals surface area contributed by atoms with Gasteiger partial charge in [-0.05, 0) is 25.0 Å². The van der Waals surface area contributed by atoms with Crippen molar-refractivity contribution in [2.45, 2.75) is 12.8 Å². The lowest BCUT2D eigenvalue weighted by Gasteiger charge is -2.30. The van der Waals surface area contributed by atoms with Crippen LogP contribution in [0.5, 0.6) is 0 Å². The molecular weight excluding hydrogens is 316 g/mol. The Hall–Kier alpha value is -3.02. The monoisotopic (exact) mass is 334 g/mol. The maximum atomic E-state index is 12.6. The zero-order valence-corrected chi connectivity index (χ0v) is 13.7. The summed E-state index contributed by atoms with van der Waals surface area (Å²) in [4.78, 5) is 23.3. The van der Waals surface area contributed by atoms with E-state index in [1.54, 1.807) is 12.3 Å². The van der Waals surface area contributed by atoms with Crippen LogP contribution in [0.2, 0.25) is 0 Å². The molecule has 1 fully saturated rings. The third-order valence-electron chi connectivity index (χ3n) is 4.43. The number of piperidine rings is 1. The highest BCUT2D eigenvalue weighted by molar-refractivity contribution is 5.96. The first kappa shape index (κ1) is 15.5. The van der Waals surface area contributed by atoms with Crippen molar-refractivity contribution in [2.75, 3.05) is 18.0 Å². The highest BCUT2D eigenvalue weighted by atomic mass is 16.5. The number of benzene rings is 1. The summed E-state index contributed by atoms with van der Waals surface area (Å²) < 4.78 is 5.43. The van der Waals surface area contributed by atoms with E-state index in [0.29, 0.717) is 24.1 Å². The zero-order chi connectivity index (χ0) is 17.1. The second-order valence-corrected chi connectivity index (χ2v) is 6.13. The molecule has 6 nitrogen and oxygen atoms in total. The average molecular weight is 334 g/mol. The molecule has 1 unspecified atom stereocenters. The minimum atomic E-state index is -0.101. The fraction of sp³-hybridized carbons (Fsp3) is 0.263. The highest BCUT2D eigenvalue weighted by Crippen LogP contribution is 2.26. The molecule has 0 saturated carbocycles. The lowest BCUT2D eigenvalue weighted by Crippen LogP contribution is -2.39. The fourth-order valence-corrected chi connectivity index (χ4v) is 3.13. The Morgan fingerprint density at radius 1 is 1.12 bits per heavy atom. The van der Waals surface area contributed by atoms with E-state index in [1.165, 1.54) is 0 Å². The van der Waals surface area contributed by atoms with Crippen molar-refractivity contribution in [3.05, 3.63) is 60.4 Å². The smallest absolute Gasteiger partial charge is 0.324 e. The molecule has 25 heavy (non-hydrogen) atoms. The summed E-state index contributed by atoms with van der Waals surface area (Å²) in [7, 11) is 0. The second kappa shape index (κ2) is 6.84. The molecule has 3 heterocycles. The molecular formula is C19H18N4O2. The number of aromatic nitrogens is 3. The quantitative estimate of drug-likeness (QED) is 0.682. The van der Waals surface area contributed by atoms with Crippen molar-refractivity contribution >= 4 is 11.8 Å². The number of Topliss-reactive ketones (excluding diaryl/α,β-unsaturated/α-hetero) is 1. The van der Waals surface area contributed by atoms with Crippen LogP contribution in [0.15, 0.2) is 59.3 Å². The van der Waals surface area contributed by atoms with E-state index in [1.807, 2.05) is 47.4 Å². The van der Waals surface area contributed by atoms with Gasteiger partial charge in [-0.1, -0.05) is 41.6 Å². The molecule has 1 saturated heterocycles. The Bertz CT molecular complexity index is 848. The normalized spacial score (nSPS) is 17.4. The SMILES string of the molecule is O=C(c1ccccn1)C1CCCN(c2nc(-c3ccccc3)no2)C1. The molecule has 0 spiro atoms. The summed E-state index contributed by atoms with van der Waals surface area (Å²) in [6.07, 6.45) is 3.41. The number of rotatable bonds is 4. The van der Waals surface area contributed by atoms with Crippen LogP contribution in [-0.2, 0) is 0 Å². The first-order valence-electron chi connectivity index (χ1n) is 8.40. The van der Waals surface area contributed by atoms with E-state index in [4.69, 9.17) is 4.52 Å². The third-order valence-corrected chi connectivity index (χ3v) is 4.43. The zero-order valence-electron chi connectivity index (χ0n) is 13.7. The van der Waals surface area contributed by atoms with E-state index in [0.717, 1.165) is 24.9 Å². The minimum Gasteiger partial charge on any atom is -0.324 e. The van der Waals surface area contributed by atoms with Crippen molar-refractivity contribution in [1.82, 2.24) is 15.1 Å². The summed E-state index contributed by atoms with van der Waals surface area (Å²) in [6, 6.07) is 15.6. The Morgan fingerprint density at radius 3 is 2.76 bits per heavy atom.